The molecule has 0 saturated carbocycles. The number of carboxylic acid groups (broad SMARTS) is 1. The average Bonchev–Trinajstić information content (AvgIpc) is 2.40. The molecule has 1 aromatic rings. The number of benzene rings is 1. The van der Waals surface area contributed by atoms with Crippen molar-refractivity contribution in [2.75, 3.05) is 12.3 Å². The lowest BCUT2D eigenvalue weighted by Crippen LogP contribution is -2.25. The van der Waals surface area contributed by atoms with Gasteiger partial charge in [0, 0.05) is 22.9 Å². The van der Waals surface area contributed by atoms with Crippen molar-refractivity contribution in [1.82, 2.24) is 5.32 Å². The van der Waals surface area contributed by atoms with Crippen LogP contribution in [0.1, 0.15) is 36.5 Å². The molecule has 0 unspecified atom stereocenters. The number of thioether (sulfide) groups is 1. The molecule has 110 valence electrons. The molecule has 0 spiro atoms. The van der Waals surface area contributed by atoms with Crippen LogP contribution < -0.4 is 5.32 Å². The Kier molecular flexibility index (Phi) is 7.47. The summed E-state index contributed by atoms with van der Waals surface area (Å²) in [6, 6.07) is 5.27. The first-order valence-corrected chi connectivity index (χ1v) is 7.83. The number of carboxylic acids is 1. The van der Waals surface area contributed by atoms with Gasteiger partial charge >= 0.3 is 5.97 Å². The topological polar surface area (TPSA) is 66.4 Å². The van der Waals surface area contributed by atoms with Crippen LogP contribution in [-0.4, -0.2) is 29.3 Å². The molecule has 6 heteroatoms. The summed E-state index contributed by atoms with van der Waals surface area (Å²) in [5, 5.41) is 11.8. The standard InChI is InChI=1S/C14H18ClNO3S/c1-2-20-12-7-6-10(15)9-11(12)14(19)16-8-4-3-5-13(17)18/h6-7,9H,2-5,8H2,1H3,(H,16,19)(H,17,18). The third kappa shape index (κ3) is 5.84. The van der Waals surface area contributed by atoms with Crippen LogP contribution in [0.25, 0.3) is 0 Å². The van der Waals surface area contributed by atoms with Gasteiger partial charge < -0.3 is 10.4 Å². The van der Waals surface area contributed by atoms with Gasteiger partial charge in [0.05, 0.1) is 5.56 Å². The van der Waals surface area contributed by atoms with Gasteiger partial charge in [0.1, 0.15) is 0 Å². The van der Waals surface area contributed by atoms with E-state index < -0.39 is 5.97 Å². The van der Waals surface area contributed by atoms with Gasteiger partial charge in [-0.3, -0.25) is 9.59 Å². The molecule has 4 nitrogen and oxygen atoms in total. The van der Waals surface area contributed by atoms with Crippen molar-refractivity contribution in [3.63, 3.8) is 0 Å². The molecule has 0 aliphatic carbocycles. The third-order valence-electron chi connectivity index (χ3n) is 2.59. The van der Waals surface area contributed by atoms with Gasteiger partial charge in [-0.25, -0.2) is 0 Å². The number of carbonyl (C=O) groups excluding carboxylic acids is 1. The molecule has 0 bridgehead atoms. The Morgan fingerprint density at radius 1 is 1.35 bits per heavy atom. The molecular weight excluding hydrogens is 298 g/mol. The minimum absolute atomic E-state index is 0.129. The SMILES string of the molecule is CCSc1ccc(Cl)cc1C(=O)NCCCCC(=O)O. The van der Waals surface area contributed by atoms with Crippen molar-refractivity contribution in [3.8, 4) is 0 Å². The van der Waals surface area contributed by atoms with Gasteiger partial charge in [-0.05, 0) is 36.8 Å². The highest BCUT2D eigenvalue weighted by molar-refractivity contribution is 7.99. The Morgan fingerprint density at radius 2 is 2.10 bits per heavy atom. The number of carbonyl (C=O) groups is 2. The highest BCUT2D eigenvalue weighted by Crippen LogP contribution is 2.25. The fourth-order valence-corrected chi connectivity index (χ4v) is 2.61. The normalized spacial score (nSPS) is 10.3. The highest BCUT2D eigenvalue weighted by atomic mass is 35.5. The smallest absolute Gasteiger partial charge is 0.303 e. The second-order valence-electron chi connectivity index (χ2n) is 4.18. The molecule has 0 fully saturated rings. The Bertz CT molecular complexity index is 479. The number of nitrogens with one attached hydrogen (secondary N) is 1. The summed E-state index contributed by atoms with van der Waals surface area (Å²) in [6.07, 6.45) is 1.33. The largest absolute Gasteiger partial charge is 0.481 e. The molecule has 0 atom stereocenters. The third-order valence-corrected chi connectivity index (χ3v) is 3.78. The van der Waals surface area contributed by atoms with Crippen LogP contribution in [0.15, 0.2) is 23.1 Å². The maximum atomic E-state index is 12.1. The second-order valence-corrected chi connectivity index (χ2v) is 5.92. The van der Waals surface area contributed by atoms with Crippen LogP contribution in [0.5, 0.6) is 0 Å². The number of amides is 1. The predicted molar refractivity (Wildman–Crippen MR) is 81.7 cm³/mol. The zero-order chi connectivity index (χ0) is 15.0. The van der Waals surface area contributed by atoms with Crippen LogP contribution in [-0.2, 0) is 4.79 Å². The van der Waals surface area contributed by atoms with Crippen LogP contribution >= 0.6 is 23.4 Å². The maximum Gasteiger partial charge on any atom is 0.303 e. The number of rotatable bonds is 8. The highest BCUT2D eigenvalue weighted by Gasteiger charge is 2.11. The van der Waals surface area contributed by atoms with E-state index in [0.717, 1.165) is 10.6 Å². The van der Waals surface area contributed by atoms with E-state index in [1.807, 2.05) is 13.0 Å². The van der Waals surface area contributed by atoms with Gasteiger partial charge in [0.25, 0.3) is 5.91 Å². The van der Waals surface area contributed by atoms with E-state index in [9.17, 15) is 9.59 Å². The van der Waals surface area contributed by atoms with Gasteiger partial charge in [0.15, 0.2) is 0 Å². The Hall–Kier alpha value is -1.20. The van der Waals surface area contributed by atoms with Crippen LogP contribution in [0.2, 0.25) is 5.02 Å². The first kappa shape index (κ1) is 16.9. The summed E-state index contributed by atoms with van der Waals surface area (Å²) in [5.74, 6) is -0.105. The van der Waals surface area contributed by atoms with Crippen LogP contribution in [0.4, 0.5) is 0 Å². The molecule has 1 aromatic carbocycles. The molecule has 0 radical (unpaired) electrons. The first-order valence-electron chi connectivity index (χ1n) is 6.47. The molecule has 0 aliphatic rings. The average molecular weight is 316 g/mol. The molecular formula is C14H18ClNO3S. The monoisotopic (exact) mass is 315 g/mol. The quantitative estimate of drug-likeness (QED) is 0.569. The summed E-state index contributed by atoms with van der Waals surface area (Å²) in [5.41, 5.74) is 0.572. The van der Waals surface area contributed by atoms with Crippen LogP contribution in [0, 0.1) is 0 Å². The number of hydrogen-bond donors (Lipinski definition) is 2. The minimum Gasteiger partial charge on any atom is -0.481 e. The van der Waals surface area contributed by atoms with Gasteiger partial charge in [-0.15, -0.1) is 11.8 Å². The van der Waals surface area contributed by atoms with Gasteiger partial charge in [-0.2, -0.15) is 0 Å². The van der Waals surface area contributed by atoms with E-state index in [1.54, 1.807) is 23.9 Å². The van der Waals surface area contributed by atoms with Crippen molar-refractivity contribution < 1.29 is 14.7 Å². The van der Waals surface area contributed by atoms with E-state index in [4.69, 9.17) is 16.7 Å². The van der Waals surface area contributed by atoms with E-state index in [0.29, 0.717) is 30.0 Å². The van der Waals surface area contributed by atoms with Gasteiger partial charge in [-0.1, -0.05) is 18.5 Å². The summed E-state index contributed by atoms with van der Waals surface area (Å²) in [6.45, 7) is 2.49. The summed E-state index contributed by atoms with van der Waals surface area (Å²) >= 11 is 7.51. The number of aliphatic carboxylic acids is 1. The lowest BCUT2D eigenvalue weighted by atomic mass is 10.2. The number of hydrogen-bond acceptors (Lipinski definition) is 3. The molecule has 0 aromatic heterocycles. The molecule has 0 heterocycles. The van der Waals surface area contributed by atoms with E-state index in [1.165, 1.54) is 0 Å². The molecule has 2 N–H and O–H groups in total. The van der Waals surface area contributed by atoms with Crippen molar-refractivity contribution >= 4 is 35.2 Å². The summed E-state index contributed by atoms with van der Waals surface area (Å²) < 4.78 is 0. The Balaban J connectivity index is 2.53. The predicted octanol–water partition coefficient (Wildman–Crippen LogP) is 3.44. The van der Waals surface area contributed by atoms with E-state index >= 15 is 0 Å². The molecule has 0 aliphatic heterocycles. The first-order chi connectivity index (χ1) is 9.54. The Labute approximate surface area is 127 Å². The fraction of sp³-hybridized carbons (Fsp3) is 0.429. The molecule has 0 saturated heterocycles. The lowest BCUT2D eigenvalue weighted by molar-refractivity contribution is -0.137. The number of halogens is 1. The molecule has 1 amide bonds. The summed E-state index contributed by atoms with van der Waals surface area (Å²) in [7, 11) is 0. The lowest BCUT2D eigenvalue weighted by Gasteiger charge is -2.09. The molecule has 20 heavy (non-hydrogen) atoms. The van der Waals surface area contributed by atoms with E-state index in [-0.39, 0.29) is 12.3 Å². The zero-order valence-corrected chi connectivity index (χ0v) is 12.9. The number of unbranched alkanes of at least 4 members (excludes halogenated alkanes) is 1. The Morgan fingerprint density at radius 3 is 2.75 bits per heavy atom. The second kappa shape index (κ2) is 8.87. The van der Waals surface area contributed by atoms with Gasteiger partial charge in [0.2, 0.25) is 0 Å². The zero-order valence-electron chi connectivity index (χ0n) is 11.3. The van der Waals surface area contributed by atoms with Crippen molar-refractivity contribution in [2.24, 2.45) is 0 Å². The summed E-state index contributed by atoms with van der Waals surface area (Å²) in [4.78, 5) is 23.4. The fourth-order valence-electron chi connectivity index (χ4n) is 1.66. The van der Waals surface area contributed by atoms with Crippen molar-refractivity contribution in [3.05, 3.63) is 28.8 Å². The van der Waals surface area contributed by atoms with Crippen LogP contribution in [0.3, 0.4) is 0 Å². The minimum atomic E-state index is -0.812. The maximum absolute atomic E-state index is 12.1. The van der Waals surface area contributed by atoms with E-state index in [2.05, 4.69) is 5.32 Å². The van der Waals surface area contributed by atoms with Crippen molar-refractivity contribution in [1.29, 1.82) is 0 Å². The van der Waals surface area contributed by atoms with Crippen molar-refractivity contribution in [2.45, 2.75) is 31.1 Å². The molecule has 1 rings (SSSR count).